The molecule has 0 radical (unpaired) electrons. The van der Waals surface area contributed by atoms with Crippen molar-refractivity contribution in [2.75, 3.05) is 0 Å². The SMILES string of the molecule is Cc1ccc(-c2cc3cc(c2)c2cccc(c2)c2cccc(c2)c2cccc(c2)c2cccc(c2)c2cccc3c2)cc1-n1c(C)[n+](C)c2ccccc21. The summed E-state index contributed by atoms with van der Waals surface area (Å²) in [7, 11) is 2.15. The Balaban J connectivity index is 1.31. The number of fused-ring (bicyclic) bond motifs is 19. The molecule has 2 nitrogen and oxygen atoms in total. The molecule has 54 heavy (non-hydrogen) atoms. The van der Waals surface area contributed by atoms with Crippen molar-refractivity contribution >= 4 is 75.7 Å². The van der Waals surface area contributed by atoms with Crippen LogP contribution in [-0.4, -0.2) is 4.57 Å². The zero-order valence-corrected chi connectivity index (χ0v) is 30.7. The fraction of sp³-hybridized carbons (Fsp3) is 0.0577. The van der Waals surface area contributed by atoms with Crippen LogP contribution >= 0.6 is 0 Å². The molecule has 2 heteroatoms. The largest absolute Gasteiger partial charge is 0.259 e. The van der Waals surface area contributed by atoms with Crippen LogP contribution in [0.15, 0.2) is 182 Å². The topological polar surface area (TPSA) is 8.81 Å². The predicted molar refractivity (Wildman–Crippen MR) is 231 cm³/mol. The lowest BCUT2D eigenvalue weighted by atomic mass is 9.97. The minimum absolute atomic E-state index is 1.19. The van der Waals surface area contributed by atoms with Gasteiger partial charge in [-0.15, -0.1) is 0 Å². The van der Waals surface area contributed by atoms with E-state index in [2.05, 4.69) is 212 Å². The number of hydrogen-bond donors (Lipinski definition) is 0. The van der Waals surface area contributed by atoms with Gasteiger partial charge in [-0.25, -0.2) is 4.57 Å². The van der Waals surface area contributed by atoms with Gasteiger partial charge >= 0.3 is 0 Å². The first-order valence-corrected chi connectivity index (χ1v) is 18.7. The maximum atomic E-state index is 2.40. The standard InChI is InChI=1S/C52H39N2/c1-34-23-24-46(33-52(34)54-35(2)53(3)50-21-4-5-22-51(50)54)49-31-47-30-48(32-49)45-20-10-18-43(29-45)41-16-8-14-39(27-41)37-12-6-11-36(25-37)38-13-7-15-40(26-38)42-17-9-19-44(47)28-42/h4-33H,1-3H3/q+1. The van der Waals surface area contributed by atoms with E-state index in [4.69, 9.17) is 0 Å². The monoisotopic (exact) mass is 691 g/mol. The third kappa shape index (κ3) is 5.47. The van der Waals surface area contributed by atoms with Gasteiger partial charge in [-0.2, -0.15) is 4.57 Å². The Morgan fingerprint density at radius 1 is 0.352 bits per heavy atom. The fourth-order valence-corrected chi connectivity index (χ4v) is 8.29. The number of imidazole rings is 1. The normalized spacial score (nSPS) is 11.6. The van der Waals surface area contributed by atoms with Crippen molar-refractivity contribution in [2.24, 2.45) is 7.05 Å². The summed E-state index contributed by atoms with van der Waals surface area (Å²) in [5.74, 6) is 1.19. The van der Waals surface area contributed by atoms with E-state index >= 15 is 0 Å². The molecule has 1 heterocycles. The summed E-state index contributed by atoms with van der Waals surface area (Å²) < 4.78 is 4.68. The second-order valence-electron chi connectivity index (χ2n) is 14.6. The minimum Gasteiger partial charge on any atom is -0.230 e. The molecule has 9 aromatic carbocycles. The first-order valence-electron chi connectivity index (χ1n) is 18.7. The first-order chi connectivity index (χ1) is 26.5. The van der Waals surface area contributed by atoms with Gasteiger partial charge in [0.2, 0.25) is 0 Å². The summed E-state index contributed by atoms with van der Waals surface area (Å²) in [6, 6.07) is 67.5. The molecular weight excluding hydrogens is 653 g/mol. The van der Waals surface area contributed by atoms with E-state index in [1.54, 1.807) is 0 Å². The van der Waals surface area contributed by atoms with E-state index in [1.807, 2.05) is 0 Å². The smallest absolute Gasteiger partial charge is 0.230 e. The Labute approximate surface area is 314 Å². The Hall–Kier alpha value is -6.77. The Morgan fingerprint density at radius 3 is 1.19 bits per heavy atom. The number of nitrogens with zero attached hydrogens (tertiary/aromatic N) is 2. The molecule has 10 rings (SSSR count). The molecule has 0 fully saturated rings. The molecule has 0 aliphatic heterocycles. The molecule has 0 N–H and O–H groups in total. The molecule has 0 atom stereocenters. The summed E-state index contributed by atoms with van der Waals surface area (Å²) >= 11 is 0. The van der Waals surface area contributed by atoms with Gasteiger partial charge < -0.3 is 0 Å². The van der Waals surface area contributed by atoms with Crippen LogP contribution in [0.1, 0.15) is 11.4 Å². The van der Waals surface area contributed by atoms with Gasteiger partial charge in [-0.05, 0) is 155 Å². The van der Waals surface area contributed by atoms with Crippen molar-refractivity contribution < 1.29 is 4.57 Å². The van der Waals surface area contributed by atoms with E-state index in [0.29, 0.717) is 0 Å². The predicted octanol–water partition coefficient (Wildman–Crippen LogP) is 13.3. The van der Waals surface area contributed by atoms with Gasteiger partial charge in [0.05, 0.1) is 7.05 Å². The van der Waals surface area contributed by atoms with Crippen LogP contribution in [0.5, 0.6) is 0 Å². The average Bonchev–Trinajstić information content (AvgIpc) is 3.49. The third-order valence-corrected chi connectivity index (χ3v) is 11.3. The van der Waals surface area contributed by atoms with Crippen LogP contribution in [0.2, 0.25) is 0 Å². The number of rotatable bonds is 2. The van der Waals surface area contributed by atoms with Crippen LogP contribution in [0.25, 0.3) is 92.5 Å². The highest BCUT2D eigenvalue weighted by Gasteiger charge is 2.22. The van der Waals surface area contributed by atoms with Crippen molar-refractivity contribution in [3.63, 3.8) is 0 Å². The Bertz CT molecular complexity index is 3110. The summed E-state index contributed by atoms with van der Waals surface area (Å²) in [5, 5.41) is 14.4. The number of aryl methyl sites for hydroxylation is 2. The van der Waals surface area contributed by atoms with Crippen LogP contribution in [0.3, 0.4) is 0 Å². The maximum Gasteiger partial charge on any atom is 0.259 e. The van der Waals surface area contributed by atoms with Gasteiger partial charge in [0.25, 0.3) is 5.82 Å². The summed E-state index contributed by atoms with van der Waals surface area (Å²) in [6.07, 6.45) is 0. The number of para-hydroxylation sites is 2. The second-order valence-corrected chi connectivity index (χ2v) is 14.6. The lowest BCUT2D eigenvalue weighted by Gasteiger charge is -2.10. The first kappa shape index (κ1) is 31.9. The molecule has 256 valence electrons. The zero-order valence-electron chi connectivity index (χ0n) is 30.7. The van der Waals surface area contributed by atoms with E-state index in [1.165, 1.54) is 104 Å². The molecule has 0 aliphatic carbocycles. The van der Waals surface area contributed by atoms with E-state index in [9.17, 15) is 0 Å². The highest BCUT2D eigenvalue weighted by atomic mass is 15.2. The number of benzene rings is 8. The van der Waals surface area contributed by atoms with Gasteiger partial charge in [0.15, 0.2) is 11.0 Å². The highest BCUT2D eigenvalue weighted by Crippen LogP contribution is 2.33. The molecule has 0 spiro atoms. The summed E-state index contributed by atoms with van der Waals surface area (Å²) in [6.45, 7) is 4.42. The molecule has 12 bridgehead atoms. The maximum absolute atomic E-state index is 2.40. The molecule has 0 unspecified atom stereocenters. The van der Waals surface area contributed by atoms with Crippen molar-refractivity contribution in [2.45, 2.75) is 13.8 Å². The molecular formula is C52H39N2+. The number of aromatic nitrogens is 2. The highest BCUT2D eigenvalue weighted by molar-refractivity contribution is 6.02. The fourth-order valence-electron chi connectivity index (χ4n) is 8.29. The van der Waals surface area contributed by atoms with Gasteiger partial charge in [0.1, 0.15) is 5.69 Å². The van der Waals surface area contributed by atoms with Gasteiger partial charge in [-0.1, -0.05) is 115 Å². The lowest BCUT2D eigenvalue weighted by molar-refractivity contribution is -0.652. The molecule has 10 aromatic rings. The van der Waals surface area contributed by atoms with Crippen molar-refractivity contribution in [3.8, 4) is 16.8 Å². The van der Waals surface area contributed by atoms with Crippen molar-refractivity contribution in [3.05, 3.63) is 193 Å². The third-order valence-electron chi connectivity index (χ3n) is 11.3. The number of hydrogen-bond acceptors (Lipinski definition) is 0. The van der Waals surface area contributed by atoms with Crippen LogP contribution < -0.4 is 4.57 Å². The molecule has 1 aromatic heterocycles. The Morgan fingerprint density at radius 2 is 0.741 bits per heavy atom. The van der Waals surface area contributed by atoms with Gasteiger partial charge in [0, 0.05) is 6.92 Å². The Kier molecular flexibility index (Phi) is 7.52. The van der Waals surface area contributed by atoms with E-state index in [0.717, 1.165) is 0 Å². The second kappa shape index (κ2) is 12.7. The van der Waals surface area contributed by atoms with Crippen LogP contribution in [0.4, 0.5) is 0 Å². The van der Waals surface area contributed by atoms with Crippen LogP contribution in [0, 0.1) is 13.8 Å². The molecule has 0 saturated carbocycles. The van der Waals surface area contributed by atoms with Crippen molar-refractivity contribution in [1.82, 2.24) is 4.57 Å². The molecule has 0 aliphatic rings. The van der Waals surface area contributed by atoms with Crippen LogP contribution in [-0.2, 0) is 7.05 Å². The summed E-state index contributed by atoms with van der Waals surface area (Å²) in [4.78, 5) is 0. The molecule has 0 saturated heterocycles. The van der Waals surface area contributed by atoms with Gasteiger partial charge in [-0.3, -0.25) is 0 Å². The minimum atomic E-state index is 1.19. The lowest BCUT2D eigenvalue weighted by Crippen LogP contribution is -2.30. The molecule has 0 amide bonds. The average molecular weight is 692 g/mol. The van der Waals surface area contributed by atoms with Crippen molar-refractivity contribution in [1.29, 1.82) is 0 Å². The van der Waals surface area contributed by atoms with E-state index < -0.39 is 0 Å². The summed E-state index contributed by atoms with van der Waals surface area (Å²) in [5.41, 5.74) is 7.25. The zero-order chi connectivity index (χ0) is 36.3. The quantitative estimate of drug-likeness (QED) is 0.160. The van der Waals surface area contributed by atoms with E-state index in [-0.39, 0.29) is 0 Å².